The number of rotatable bonds is 13. The summed E-state index contributed by atoms with van der Waals surface area (Å²) in [7, 11) is 0. The third-order valence-corrected chi connectivity index (χ3v) is 10.3. The van der Waals surface area contributed by atoms with E-state index < -0.39 is 187 Å². The molecule has 0 aromatic rings. The Bertz CT molecular complexity index is 1200. The Hall–Kier alpha value is -1.04. The minimum absolute atomic E-state index is 0.843. The summed E-state index contributed by atoms with van der Waals surface area (Å²) in [6.45, 7) is -4.35. The first-order valence-corrected chi connectivity index (χ1v) is 17.6. The van der Waals surface area contributed by atoms with Gasteiger partial charge in [0, 0.05) is 0 Å². The van der Waals surface area contributed by atoms with E-state index in [2.05, 4.69) is 0 Å². The Morgan fingerprint density at radius 1 is 0.304 bits per heavy atom. The second-order valence-electron chi connectivity index (χ2n) is 14.0. The first-order chi connectivity index (χ1) is 26.5. The van der Waals surface area contributed by atoms with Crippen molar-refractivity contribution in [1.82, 2.24) is 0 Å². The van der Waals surface area contributed by atoms with Crippen LogP contribution in [0.1, 0.15) is 0 Å². The molecule has 328 valence electrons. The molecule has 26 nitrogen and oxygen atoms in total. The van der Waals surface area contributed by atoms with Crippen LogP contribution in [0, 0.1) is 0 Å². The summed E-state index contributed by atoms with van der Waals surface area (Å²) in [6, 6.07) is 0. The highest BCUT2D eigenvalue weighted by Gasteiger charge is 2.55. The van der Waals surface area contributed by atoms with E-state index in [9.17, 15) is 86.8 Å². The van der Waals surface area contributed by atoms with E-state index in [4.69, 9.17) is 42.6 Å². The van der Waals surface area contributed by atoms with Gasteiger partial charge in [-0.15, -0.1) is 0 Å². The quantitative estimate of drug-likeness (QED) is 0.0819. The summed E-state index contributed by atoms with van der Waals surface area (Å²) >= 11 is 0. The fraction of sp³-hybridized carbons (Fsp3) is 1.00. The largest absolute Gasteiger partial charge is 0.394 e. The van der Waals surface area contributed by atoms with Crippen LogP contribution in [0.5, 0.6) is 0 Å². The highest BCUT2D eigenvalue weighted by atomic mass is 16.8. The SMILES string of the molecule is OC[C@@H]1O[C@@H](OC[C@H]2O[C@H](O)[C@@H](O)[C@@H](O[C@H]3O[C@H](CO)[C@@H](O)[C@H](O)[C@@H]3O[C@H]3O[C@H](CO)[C@@H](O)[C@H](O)[C@@H]3O)[C@@H]2O)[C@H](O[C@H]2O[C@H](CO)[C@@H](O)[C@H](O)[C@@H]2O)[C@H](O)[C@H]1O. The molecule has 0 radical (unpaired) electrons. The van der Waals surface area contributed by atoms with Crippen molar-refractivity contribution < 1.29 is 129 Å². The van der Waals surface area contributed by atoms with E-state index in [1.54, 1.807) is 0 Å². The van der Waals surface area contributed by atoms with Crippen LogP contribution in [0.3, 0.4) is 0 Å². The first-order valence-electron chi connectivity index (χ1n) is 17.6. The van der Waals surface area contributed by atoms with Crippen LogP contribution in [0.2, 0.25) is 0 Å². The maximum atomic E-state index is 11.3. The molecule has 0 bridgehead atoms. The van der Waals surface area contributed by atoms with Crippen molar-refractivity contribution in [2.45, 2.75) is 154 Å². The van der Waals surface area contributed by atoms with Crippen LogP contribution in [0.15, 0.2) is 0 Å². The average Bonchev–Trinajstić information content (AvgIpc) is 3.18. The lowest BCUT2D eigenvalue weighted by Crippen LogP contribution is -2.67. The highest BCUT2D eigenvalue weighted by molar-refractivity contribution is 4.98. The van der Waals surface area contributed by atoms with Crippen molar-refractivity contribution in [3.63, 3.8) is 0 Å². The van der Waals surface area contributed by atoms with Gasteiger partial charge < -0.3 is 129 Å². The van der Waals surface area contributed by atoms with Gasteiger partial charge in [-0.25, -0.2) is 0 Å². The van der Waals surface area contributed by atoms with E-state index in [-0.39, 0.29) is 0 Å². The standard InChI is InChI=1S/C30H52O26/c31-1-6-11(35)16(40)20(44)27(50-6)55-24-18(42)13(37)8(3-33)52-29(24)48-5-10-15(39)23(22(46)26(47)49-10)54-30-25(19(43)14(38)9(4-34)53-30)56-28-21(45)17(41)12(36)7(2-32)51-28/h6-47H,1-5H2/t6-,7-,8+,9-,10-,11-,12-,13+,14-,15-,16+,17+,18-,19+,20+,21+,22+,23+,24-,25+,26+,27-,28-,29-,30-/m1/s1. The average molecular weight is 829 g/mol. The topological polar surface area (TPSA) is 427 Å². The second kappa shape index (κ2) is 19.6. The summed E-state index contributed by atoms with van der Waals surface area (Å²) in [5, 5.41) is 176. The molecule has 17 N–H and O–H groups in total. The molecule has 5 aliphatic rings. The molecule has 5 heterocycles. The Morgan fingerprint density at radius 3 is 1.09 bits per heavy atom. The molecule has 5 aliphatic heterocycles. The maximum Gasteiger partial charge on any atom is 0.187 e. The summed E-state index contributed by atoms with van der Waals surface area (Å²) in [5.41, 5.74) is 0. The molecule has 5 rings (SSSR count). The van der Waals surface area contributed by atoms with Gasteiger partial charge in [0.15, 0.2) is 31.5 Å². The van der Waals surface area contributed by atoms with Crippen molar-refractivity contribution >= 4 is 0 Å². The summed E-state index contributed by atoms with van der Waals surface area (Å²) in [5.74, 6) is 0. The van der Waals surface area contributed by atoms with Crippen LogP contribution in [-0.4, -0.2) is 273 Å². The molecule has 25 atom stereocenters. The van der Waals surface area contributed by atoms with Crippen LogP contribution < -0.4 is 0 Å². The third-order valence-electron chi connectivity index (χ3n) is 10.3. The van der Waals surface area contributed by atoms with Gasteiger partial charge in [0.05, 0.1) is 33.0 Å². The predicted molar refractivity (Wildman–Crippen MR) is 167 cm³/mol. The van der Waals surface area contributed by atoms with Gasteiger partial charge in [-0.2, -0.15) is 0 Å². The van der Waals surface area contributed by atoms with E-state index in [1.165, 1.54) is 0 Å². The molecular weight excluding hydrogens is 776 g/mol. The molecule has 56 heavy (non-hydrogen) atoms. The first kappa shape index (κ1) is 46.0. The van der Waals surface area contributed by atoms with Crippen molar-refractivity contribution in [3.05, 3.63) is 0 Å². The Labute approximate surface area is 316 Å². The molecule has 0 aliphatic carbocycles. The van der Waals surface area contributed by atoms with E-state index in [0.717, 1.165) is 0 Å². The molecule has 5 fully saturated rings. The molecule has 26 heteroatoms. The molecule has 0 spiro atoms. The summed E-state index contributed by atoms with van der Waals surface area (Å²) in [4.78, 5) is 0. The number of hydrogen-bond donors (Lipinski definition) is 17. The predicted octanol–water partition coefficient (Wildman–Crippen LogP) is -11.9. The lowest BCUT2D eigenvalue weighted by molar-refractivity contribution is -0.391. The van der Waals surface area contributed by atoms with Crippen molar-refractivity contribution in [2.75, 3.05) is 33.0 Å². The van der Waals surface area contributed by atoms with Crippen molar-refractivity contribution in [1.29, 1.82) is 0 Å². The molecule has 0 amide bonds. The number of ether oxygens (including phenoxy) is 9. The second-order valence-corrected chi connectivity index (χ2v) is 14.0. The Morgan fingerprint density at radius 2 is 0.661 bits per heavy atom. The fourth-order valence-corrected chi connectivity index (χ4v) is 6.87. The van der Waals surface area contributed by atoms with Gasteiger partial charge in [0.25, 0.3) is 0 Å². The van der Waals surface area contributed by atoms with Gasteiger partial charge in [-0.3, -0.25) is 0 Å². The number of aliphatic hydroxyl groups is 17. The van der Waals surface area contributed by atoms with Crippen molar-refractivity contribution in [3.8, 4) is 0 Å². The Balaban J connectivity index is 1.32. The summed E-state index contributed by atoms with van der Waals surface area (Å²) < 4.78 is 49.5. The van der Waals surface area contributed by atoms with Gasteiger partial charge >= 0.3 is 0 Å². The van der Waals surface area contributed by atoms with Gasteiger partial charge in [0.1, 0.15) is 122 Å². The lowest BCUT2D eigenvalue weighted by atomic mass is 9.96. The lowest BCUT2D eigenvalue weighted by Gasteiger charge is -2.48. The highest BCUT2D eigenvalue weighted by Crippen LogP contribution is 2.34. The minimum atomic E-state index is -2.17. The van der Waals surface area contributed by atoms with Crippen LogP contribution >= 0.6 is 0 Å². The van der Waals surface area contributed by atoms with Crippen molar-refractivity contribution in [2.24, 2.45) is 0 Å². The van der Waals surface area contributed by atoms with E-state index in [1.807, 2.05) is 0 Å². The number of hydrogen-bond acceptors (Lipinski definition) is 26. The third kappa shape index (κ3) is 9.31. The molecule has 0 saturated carbocycles. The fourth-order valence-electron chi connectivity index (χ4n) is 6.87. The smallest absolute Gasteiger partial charge is 0.187 e. The van der Waals surface area contributed by atoms with E-state index >= 15 is 0 Å². The normalized spacial score (nSPS) is 53.2. The van der Waals surface area contributed by atoms with E-state index in [0.29, 0.717) is 0 Å². The molecule has 0 aromatic carbocycles. The van der Waals surface area contributed by atoms with Gasteiger partial charge in [0.2, 0.25) is 0 Å². The molecule has 5 saturated heterocycles. The maximum absolute atomic E-state index is 11.3. The monoisotopic (exact) mass is 828 g/mol. The van der Waals surface area contributed by atoms with Crippen LogP contribution in [0.25, 0.3) is 0 Å². The molecular formula is C30H52O26. The van der Waals surface area contributed by atoms with Crippen LogP contribution in [-0.2, 0) is 42.6 Å². The zero-order chi connectivity index (χ0) is 41.3. The molecule has 0 aromatic heterocycles. The Kier molecular flexibility index (Phi) is 16.1. The minimum Gasteiger partial charge on any atom is -0.394 e. The van der Waals surface area contributed by atoms with Gasteiger partial charge in [-0.1, -0.05) is 0 Å². The summed E-state index contributed by atoms with van der Waals surface area (Å²) in [6.07, 6.45) is -46.6. The number of aliphatic hydroxyl groups excluding tert-OH is 17. The van der Waals surface area contributed by atoms with Crippen LogP contribution in [0.4, 0.5) is 0 Å². The van der Waals surface area contributed by atoms with Gasteiger partial charge in [-0.05, 0) is 0 Å². The zero-order valence-corrected chi connectivity index (χ0v) is 29.2. The molecule has 0 unspecified atom stereocenters. The zero-order valence-electron chi connectivity index (χ0n) is 29.2.